The van der Waals surface area contributed by atoms with Crippen molar-refractivity contribution in [1.29, 1.82) is 0 Å². The molecule has 0 unspecified atom stereocenters. The lowest BCUT2D eigenvalue weighted by molar-refractivity contribution is 0.869. The van der Waals surface area contributed by atoms with E-state index in [9.17, 15) is 4.79 Å². The summed E-state index contributed by atoms with van der Waals surface area (Å²) >= 11 is 3.45. The summed E-state index contributed by atoms with van der Waals surface area (Å²) in [7, 11) is 1.76. The molecule has 0 spiro atoms. The van der Waals surface area contributed by atoms with Crippen LogP contribution in [0.1, 0.15) is 5.56 Å². The van der Waals surface area contributed by atoms with Crippen LogP contribution in [0.3, 0.4) is 0 Å². The normalized spacial score (nSPS) is 10.8. The Labute approximate surface area is 90.3 Å². The number of benzene rings is 1. The van der Waals surface area contributed by atoms with Gasteiger partial charge in [0, 0.05) is 28.5 Å². The average molecular weight is 252 g/mol. The maximum absolute atomic E-state index is 11.8. The third-order valence-corrected chi connectivity index (χ3v) is 2.92. The van der Waals surface area contributed by atoms with Gasteiger partial charge in [-0.15, -0.1) is 0 Å². The maximum atomic E-state index is 11.8. The Bertz CT molecular complexity index is 557. The van der Waals surface area contributed by atoms with E-state index in [-0.39, 0.29) is 5.56 Å². The van der Waals surface area contributed by atoms with Crippen LogP contribution in [0.4, 0.5) is 0 Å². The Hall–Kier alpha value is -1.09. The van der Waals surface area contributed by atoms with Crippen molar-refractivity contribution in [2.45, 2.75) is 6.92 Å². The summed E-state index contributed by atoms with van der Waals surface area (Å²) in [5.74, 6) is 0. The Morgan fingerprint density at radius 3 is 2.71 bits per heavy atom. The van der Waals surface area contributed by atoms with Gasteiger partial charge < -0.3 is 4.57 Å². The van der Waals surface area contributed by atoms with Crippen molar-refractivity contribution in [2.24, 2.45) is 7.05 Å². The summed E-state index contributed by atoms with van der Waals surface area (Å²) in [5.41, 5.74) is 1.15. The Kier molecular flexibility index (Phi) is 2.19. The van der Waals surface area contributed by atoms with E-state index in [0.29, 0.717) is 0 Å². The maximum Gasteiger partial charge on any atom is 0.258 e. The second kappa shape index (κ2) is 3.24. The van der Waals surface area contributed by atoms with Crippen molar-refractivity contribution < 1.29 is 0 Å². The third-order valence-electron chi connectivity index (χ3n) is 2.29. The SMILES string of the molecule is Cc1ccc2c(Br)cn(C)c(=O)c2c1. The number of hydrogen-bond donors (Lipinski definition) is 0. The molecular weight excluding hydrogens is 242 g/mol. The molecule has 0 fully saturated rings. The highest BCUT2D eigenvalue weighted by Crippen LogP contribution is 2.21. The lowest BCUT2D eigenvalue weighted by Crippen LogP contribution is -2.16. The standard InChI is InChI=1S/C11H10BrNO/c1-7-3-4-8-9(5-7)11(14)13(2)6-10(8)12/h3-6H,1-2H3. The lowest BCUT2D eigenvalue weighted by atomic mass is 10.1. The third kappa shape index (κ3) is 1.38. The zero-order valence-corrected chi connectivity index (χ0v) is 9.63. The molecule has 2 aromatic rings. The van der Waals surface area contributed by atoms with Crippen LogP contribution in [0.25, 0.3) is 10.8 Å². The molecule has 0 aliphatic rings. The molecule has 1 heterocycles. The molecule has 3 heteroatoms. The van der Waals surface area contributed by atoms with Crippen molar-refractivity contribution in [3.63, 3.8) is 0 Å². The fourth-order valence-electron chi connectivity index (χ4n) is 1.53. The van der Waals surface area contributed by atoms with Crippen LogP contribution in [0.15, 0.2) is 33.7 Å². The van der Waals surface area contributed by atoms with E-state index >= 15 is 0 Å². The molecule has 0 saturated carbocycles. The number of aryl methyl sites for hydroxylation is 2. The van der Waals surface area contributed by atoms with Gasteiger partial charge in [-0.1, -0.05) is 17.7 Å². The number of nitrogens with zero attached hydrogens (tertiary/aromatic N) is 1. The minimum absolute atomic E-state index is 0.0481. The van der Waals surface area contributed by atoms with Crippen LogP contribution in [0, 0.1) is 6.92 Å². The Morgan fingerprint density at radius 2 is 2.00 bits per heavy atom. The van der Waals surface area contributed by atoms with Gasteiger partial charge in [0.1, 0.15) is 0 Å². The summed E-state index contributed by atoms with van der Waals surface area (Å²) in [5, 5.41) is 1.74. The van der Waals surface area contributed by atoms with Gasteiger partial charge in [-0.05, 0) is 28.9 Å². The number of halogens is 1. The summed E-state index contributed by atoms with van der Waals surface area (Å²) in [6.45, 7) is 1.99. The van der Waals surface area contributed by atoms with Gasteiger partial charge in [0.15, 0.2) is 0 Å². The number of pyridine rings is 1. The molecule has 0 N–H and O–H groups in total. The number of rotatable bonds is 0. The predicted molar refractivity (Wildman–Crippen MR) is 61.6 cm³/mol. The zero-order valence-electron chi connectivity index (χ0n) is 8.04. The second-order valence-electron chi connectivity index (χ2n) is 3.44. The van der Waals surface area contributed by atoms with Crippen LogP contribution < -0.4 is 5.56 Å². The van der Waals surface area contributed by atoms with Gasteiger partial charge in [0.2, 0.25) is 0 Å². The Balaban J connectivity index is 3.03. The molecule has 0 saturated heterocycles. The van der Waals surface area contributed by atoms with Crippen molar-refractivity contribution in [2.75, 3.05) is 0 Å². The van der Waals surface area contributed by atoms with Crippen LogP contribution in [-0.2, 0) is 7.05 Å². The summed E-state index contributed by atoms with van der Waals surface area (Å²) < 4.78 is 2.54. The number of fused-ring (bicyclic) bond motifs is 1. The van der Waals surface area contributed by atoms with Crippen LogP contribution in [0.2, 0.25) is 0 Å². The fourth-order valence-corrected chi connectivity index (χ4v) is 2.18. The van der Waals surface area contributed by atoms with E-state index in [0.717, 1.165) is 20.8 Å². The van der Waals surface area contributed by atoms with E-state index in [2.05, 4.69) is 15.9 Å². The fraction of sp³-hybridized carbons (Fsp3) is 0.182. The monoisotopic (exact) mass is 251 g/mol. The molecular formula is C11H10BrNO. The lowest BCUT2D eigenvalue weighted by Gasteiger charge is -2.04. The molecule has 0 atom stereocenters. The van der Waals surface area contributed by atoms with Gasteiger partial charge in [-0.25, -0.2) is 0 Å². The number of aromatic nitrogens is 1. The van der Waals surface area contributed by atoms with E-state index < -0.39 is 0 Å². The predicted octanol–water partition coefficient (Wildman–Crippen LogP) is 2.61. The van der Waals surface area contributed by atoms with Crippen LogP contribution in [-0.4, -0.2) is 4.57 Å². The first-order valence-corrected chi connectivity index (χ1v) is 5.14. The van der Waals surface area contributed by atoms with Gasteiger partial charge in [-0.3, -0.25) is 4.79 Å². The van der Waals surface area contributed by atoms with E-state index in [1.54, 1.807) is 17.8 Å². The van der Waals surface area contributed by atoms with Crippen molar-refractivity contribution in [3.05, 3.63) is 44.8 Å². The molecule has 2 nitrogen and oxygen atoms in total. The highest BCUT2D eigenvalue weighted by atomic mass is 79.9. The van der Waals surface area contributed by atoms with Crippen LogP contribution in [0.5, 0.6) is 0 Å². The van der Waals surface area contributed by atoms with Gasteiger partial charge in [-0.2, -0.15) is 0 Å². The Morgan fingerprint density at radius 1 is 1.29 bits per heavy atom. The highest BCUT2D eigenvalue weighted by Gasteiger charge is 2.04. The molecule has 1 aromatic heterocycles. The molecule has 72 valence electrons. The van der Waals surface area contributed by atoms with Gasteiger partial charge >= 0.3 is 0 Å². The van der Waals surface area contributed by atoms with Crippen molar-refractivity contribution >= 4 is 26.7 Å². The number of hydrogen-bond acceptors (Lipinski definition) is 1. The van der Waals surface area contributed by atoms with E-state index in [4.69, 9.17) is 0 Å². The minimum Gasteiger partial charge on any atom is -0.317 e. The molecule has 0 aliphatic heterocycles. The molecule has 2 rings (SSSR count). The highest BCUT2D eigenvalue weighted by molar-refractivity contribution is 9.10. The first-order chi connectivity index (χ1) is 6.59. The second-order valence-corrected chi connectivity index (χ2v) is 4.30. The topological polar surface area (TPSA) is 22.0 Å². The molecule has 0 radical (unpaired) electrons. The smallest absolute Gasteiger partial charge is 0.258 e. The first kappa shape index (κ1) is 9.46. The molecule has 0 aliphatic carbocycles. The summed E-state index contributed by atoms with van der Waals surface area (Å²) in [4.78, 5) is 11.8. The first-order valence-electron chi connectivity index (χ1n) is 4.35. The molecule has 0 amide bonds. The largest absolute Gasteiger partial charge is 0.317 e. The van der Waals surface area contributed by atoms with Crippen LogP contribution >= 0.6 is 15.9 Å². The van der Waals surface area contributed by atoms with Gasteiger partial charge in [0.05, 0.1) is 0 Å². The summed E-state index contributed by atoms with van der Waals surface area (Å²) in [6, 6.07) is 5.89. The van der Waals surface area contributed by atoms with E-state index in [1.807, 2.05) is 25.1 Å². The molecule has 0 bridgehead atoms. The summed E-state index contributed by atoms with van der Waals surface area (Å²) in [6.07, 6.45) is 1.79. The average Bonchev–Trinajstić information content (AvgIpc) is 2.14. The minimum atomic E-state index is 0.0481. The van der Waals surface area contributed by atoms with E-state index in [1.165, 1.54) is 0 Å². The molecule has 14 heavy (non-hydrogen) atoms. The van der Waals surface area contributed by atoms with Crippen molar-refractivity contribution in [1.82, 2.24) is 4.57 Å². The quantitative estimate of drug-likeness (QED) is 0.706. The van der Waals surface area contributed by atoms with Gasteiger partial charge in [0.25, 0.3) is 5.56 Å². The molecule has 1 aromatic carbocycles. The van der Waals surface area contributed by atoms with Crippen molar-refractivity contribution in [3.8, 4) is 0 Å². The zero-order chi connectivity index (χ0) is 10.3.